The first kappa shape index (κ1) is 18.9. The Bertz CT molecular complexity index is 961. The van der Waals surface area contributed by atoms with Gasteiger partial charge >= 0.3 is 0 Å². The third-order valence-corrected chi connectivity index (χ3v) is 4.66. The molecule has 1 aliphatic rings. The molecular weight excluding hydrogens is 356 g/mol. The molecule has 1 fully saturated rings. The van der Waals surface area contributed by atoms with Crippen LogP contribution in [0.1, 0.15) is 12.5 Å². The highest BCUT2D eigenvalue weighted by atomic mass is 19.2. The quantitative estimate of drug-likeness (QED) is 0.615. The van der Waals surface area contributed by atoms with Crippen molar-refractivity contribution in [3.8, 4) is 6.07 Å². The molecule has 142 valence electrons. The molecule has 4 N–H and O–H groups in total. The van der Waals surface area contributed by atoms with Crippen molar-refractivity contribution in [2.45, 2.75) is 31.5 Å². The smallest absolute Gasteiger partial charge is 0.252 e. The predicted octanol–water partition coefficient (Wildman–Crippen LogP) is 0.307. The maximum absolute atomic E-state index is 13.9. The van der Waals surface area contributed by atoms with E-state index in [1.807, 2.05) is 6.92 Å². The van der Waals surface area contributed by atoms with E-state index < -0.39 is 23.1 Å². The Morgan fingerprint density at radius 1 is 1.37 bits per heavy atom. The van der Waals surface area contributed by atoms with E-state index in [-0.39, 0.29) is 41.0 Å². The van der Waals surface area contributed by atoms with Crippen LogP contribution in [0.5, 0.6) is 0 Å². The lowest BCUT2D eigenvalue weighted by atomic mass is 10.1. The van der Waals surface area contributed by atoms with Gasteiger partial charge in [0.25, 0.3) is 5.56 Å². The number of amides is 1. The Labute approximate surface area is 153 Å². The number of benzene rings is 1. The van der Waals surface area contributed by atoms with Crippen molar-refractivity contribution >= 4 is 16.8 Å². The molecule has 27 heavy (non-hydrogen) atoms. The molecule has 0 spiro atoms. The Hall–Kier alpha value is -2.83. The first-order valence-corrected chi connectivity index (χ1v) is 8.54. The number of piperazine rings is 1. The summed E-state index contributed by atoms with van der Waals surface area (Å²) in [4.78, 5) is 26.9. The van der Waals surface area contributed by atoms with E-state index in [9.17, 15) is 18.4 Å². The summed E-state index contributed by atoms with van der Waals surface area (Å²) in [6, 6.07) is 4.93. The van der Waals surface area contributed by atoms with Gasteiger partial charge in [0.05, 0.1) is 18.0 Å². The maximum Gasteiger partial charge on any atom is 0.252 e. The van der Waals surface area contributed by atoms with Gasteiger partial charge in [0.15, 0.2) is 11.6 Å². The first-order valence-electron chi connectivity index (χ1n) is 8.54. The average molecular weight is 375 g/mol. The number of H-pyrrole nitrogens is 1. The highest BCUT2D eigenvalue weighted by molar-refractivity contribution is 5.83. The largest absolute Gasteiger partial charge is 0.352 e. The molecule has 1 aromatic heterocycles. The van der Waals surface area contributed by atoms with Gasteiger partial charge in [0, 0.05) is 36.1 Å². The van der Waals surface area contributed by atoms with E-state index >= 15 is 0 Å². The second kappa shape index (κ2) is 7.82. The van der Waals surface area contributed by atoms with Gasteiger partial charge in [-0.05, 0) is 25.1 Å². The minimum Gasteiger partial charge on any atom is -0.352 e. The van der Waals surface area contributed by atoms with Crippen molar-refractivity contribution in [3.05, 3.63) is 45.8 Å². The lowest BCUT2D eigenvalue weighted by Gasteiger charge is -2.32. The fourth-order valence-electron chi connectivity index (χ4n) is 3.10. The zero-order valence-corrected chi connectivity index (χ0v) is 14.6. The van der Waals surface area contributed by atoms with E-state index in [0.29, 0.717) is 13.1 Å². The molecule has 7 nitrogen and oxygen atoms in total. The molecule has 3 rings (SSSR count). The van der Waals surface area contributed by atoms with Gasteiger partial charge in [-0.1, -0.05) is 0 Å². The van der Waals surface area contributed by atoms with Crippen LogP contribution in [-0.4, -0.2) is 42.1 Å². The van der Waals surface area contributed by atoms with Crippen LogP contribution in [0.25, 0.3) is 10.9 Å². The molecule has 9 heteroatoms. The molecule has 2 aromatic rings. The zero-order valence-electron chi connectivity index (χ0n) is 14.6. The maximum atomic E-state index is 13.9. The fraction of sp³-hybridized carbons (Fsp3) is 0.389. The number of carbonyl (C=O) groups excluding carboxylic acids is 1. The molecule has 0 bridgehead atoms. The van der Waals surface area contributed by atoms with Crippen LogP contribution in [0.2, 0.25) is 0 Å². The second-order valence-electron chi connectivity index (χ2n) is 6.58. The number of fused-ring (bicyclic) bond motifs is 1. The summed E-state index contributed by atoms with van der Waals surface area (Å²) in [7, 11) is 0. The lowest BCUT2D eigenvalue weighted by Crippen LogP contribution is -2.61. The zero-order chi connectivity index (χ0) is 19.6. The van der Waals surface area contributed by atoms with Crippen LogP contribution in [0, 0.1) is 23.0 Å². The number of hydrogen-bond donors (Lipinski definition) is 4. The monoisotopic (exact) mass is 375 g/mol. The van der Waals surface area contributed by atoms with E-state index in [0.717, 1.165) is 6.07 Å². The normalized spacial score (nSPS) is 20.8. The molecule has 1 aliphatic heterocycles. The number of nitriles is 1. The van der Waals surface area contributed by atoms with Crippen LogP contribution in [0.4, 0.5) is 8.78 Å². The minimum atomic E-state index is -1.07. The van der Waals surface area contributed by atoms with Crippen molar-refractivity contribution in [2.24, 2.45) is 0 Å². The van der Waals surface area contributed by atoms with Crippen molar-refractivity contribution in [3.63, 3.8) is 0 Å². The summed E-state index contributed by atoms with van der Waals surface area (Å²) >= 11 is 0. The summed E-state index contributed by atoms with van der Waals surface area (Å²) in [6.07, 6.45) is -0.257. The van der Waals surface area contributed by atoms with Crippen LogP contribution in [0.15, 0.2) is 23.0 Å². The minimum absolute atomic E-state index is 0.0518. The number of hydrogen-bond acceptors (Lipinski definition) is 5. The van der Waals surface area contributed by atoms with Gasteiger partial charge < -0.3 is 15.6 Å². The van der Waals surface area contributed by atoms with Crippen LogP contribution < -0.4 is 21.5 Å². The highest BCUT2D eigenvalue weighted by Crippen LogP contribution is 2.18. The Morgan fingerprint density at radius 2 is 2.15 bits per heavy atom. The number of aromatic nitrogens is 1. The van der Waals surface area contributed by atoms with Gasteiger partial charge in [0.2, 0.25) is 5.91 Å². The molecular formula is C18H19F2N5O2. The third kappa shape index (κ3) is 4.13. The SMILES string of the molecule is C[C@@H](NC(=O)Cc1cc2c(F)c(F)ccc2[nH]c1=O)C1CNC(C#N)CN1. The molecule has 0 saturated carbocycles. The molecule has 3 atom stereocenters. The third-order valence-electron chi connectivity index (χ3n) is 4.66. The van der Waals surface area contributed by atoms with Crippen molar-refractivity contribution in [1.82, 2.24) is 20.9 Å². The van der Waals surface area contributed by atoms with Gasteiger partial charge in [-0.15, -0.1) is 0 Å². The molecule has 2 unspecified atom stereocenters. The number of nitrogens with one attached hydrogen (secondary N) is 4. The Balaban J connectivity index is 1.69. The number of pyridine rings is 1. The van der Waals surface area contributed by atoms with Gasteiger partial charge in [-0.3, -0.25) is 14.9 Å². The lowest BCUT2D eigenvalue weighted by molar-refractivity contribution is -0.121. The molecule has 1 amide bonds. The average Bonchev–Trinajstić information content (AvgIpc) is 2.66. The number of nitrogens with zero attached hydrogens (tertiary/aromatic N) is 1. The van der Waals surface area contributed by atoms with E-state index in [2.05, 4.69) is 27.0 Å². The summed E-state index contributed by atoms with van der Waals surface area (Å²) in [6.45, 7) is 2.79. The number of halogens is 2. The van der Waals surface area contributed by atoms with E-state index in [1.54, 1.807) is 0 Å². The predicted molar refractivity (Wildman–Crippen MR) is 95.0 cm³/mol. The van der Waals surface area contributed by atoms with E-state index in [4.69, 9.17) is 5.26 Å². The molecule has 0 aliphatic carbocycles. The van der Waals surface area contributed by atoms with Gasteiger partial charge in [-0.2, -0.15) is 5.26 Å². The highest BCUT2D eigenvalue weighted by Gasteiger charge is 2.25. The van der Waals surface area contributed by atoms with Crippen LogP contribution >= 0.6 is 0 Å². The molecule has 1 aromatic carbocycles. The second-order valence-corrected chi connectivity index (χ2v) is 6.58. The van der Waals surface area contributed by atoms with Crippen LogP contribution in [0.3, 0.4) is 0 Å². The topological polar surface area (TPSA) is 110 Å². The van der Waals surface area contributed by atoms with Gasteiger partial charge in [0.1, 0.15) is 6.04 Å². The number of rotatable bonds is 4. The Kier molecular flexibility index (Phi) is 5.48. The van der Waals surface area contributed by atoms with Crippen molar-refractivity contribution < 1.29 is 13.6 Å². The fourth-order valence-corrected chi connectivity index (χ4v) is 3.10. The molecule has 0 radical (unpaired) electrons. The first-order chi connectivity index (χ1) is 12.9. The molecule has 2 heterocycles. The van der Waals surface area contributed by atoms with Crippen molar-refractivity contribution in [1.29, 1.82) is 5.26 Å². The standard InChI is InChI=1S/C18H19F2N5O2/c1-9(15-8-22-11(6-21)7-23-15)24-16(26)5-10-4-12-14(25-18(10)27)3-2-13(19)17(12)20/h2-4,9,11,15,22-23H,5,7-8H2,1H3,(H,24,26)(H,25,27)/t9-,11?,15?/m1/s1. The van der Waals surface area contributed by atoms with Crippen LogP contribution in [-0.2, 0) is 11.2 Å². The van der Waals surface area contributed by atoms with E-state index in [1.165, 1.54) is 12.1 Å². The summed E-state index contributed by atoms with van der Waals surface area (Å²) in [5.41, 5.74) is -0.303. The van der Waals surface area contributed by atoms with Gasteiger partial charge in [-0.25, -0.2) is 8.78 Å². The summed E-state index contributed by atoms with van der Waals surface area (Å²) in [5, 5.41) is 17.8. The summed E-state index contributed by atoms with van der Waals surface area (Å²) < 4.78 is 27.3. The van der Waals surface area contributed by atoms with Crippen molar-refractivity contribution in [2.75, 3.05) is 13.1 Å². The number of carbonyl (C=O) groups is 1. The number of aromatic amines is 1. The molecule has 1 saturated heterocycles. The Morgan fingerprint density at radius 3 is 2.81 bits per heavy atom. The summed E-state index contributed by atoms with van der Waals surface area (Å²) in [5.74, 6) is -2.50.